The van der Waals surface area contributed by atoms with Gasteiger partial charge in [0, 0.05) is 6.54 Å². The highest BCUT2D eigenvalue weighted by atomic mass is 14.8. The van der Waals surface area contributed by atoms with Gasteiger partial charge in [0.2, 0.25) is 0 Å². The zero-order valence-electron chi connectivity index (χ0n) is 7.33. The van der Waals surface area contributed by atoms with Crippen molar-refractivity contribution in [2.24, 2.45) is 10.7 Å². The van der Waals surface area contributed by atoms with Gasteiger partial charge in [-0.1, -0.05) is 30.3 Å². The van der Waals surface area contributed by atoms with E-state index in [2.05, 4.69) is 17.1 Å². The van der Waals surface area contributed by atoms with Gasteiger partial charge < -0.3 is 5.73 Å². The van der Waals surface area contributed by atoms with Gasteiger partial charge in [0.05, 0.1) is 5.84 Å². The molecule has 0 atom stereocenters. The molecule has 1 rings (SSSR count). The van der Waals surface area contributed by atoms with E-state index in [0.717, 1.165) is 13.0 Å². The molecule has 0 spiro atoms. The fraction of sp³-hybridized carbons (Fsp3) is 0.300. The molecule has 0 heterocycles. The van der Waals surface area contributed by atoms with E-state index in [1.165, 1.54) is 5.56 Å². The Balaban J connectivity index is 2.39. The molecule has 64 valence electrons. The second kappa shape index (κ2) is 4.54. The van der Waals surface area contributed by atoms with Crippen LogP contribution in [0.15, 0.2) is 35.3 Å². The average molecular weight is 162 g/mol. The van der Waals surface area contributed by atoms with E-state index in [9.17, 15) is 0 Å². The topological polar surface area (TPSA) is 38.4 Å². The van der Waals surface area contributed by atoms with Crippen molar-refractivity contribution >= 4 is 5.84 Å². The number of aliphatic imine (C=N–C) groups is 1. The van der Waals surface area contributed by atoms with E-state index in [4.69, 9.17) is 5.73 Å². The second-order valence-electron chi connectivity index (χ2n) is 2.76. The van der Waals surface area contributed by atoms with Crippen LogP contribution in [-0.2, 0) is 6.42 Å². The Morgan fingerprint density at radius 2 is 2.00 bits per heavy atom. The summed E-state index contributed by atoms with van der Waals surface area (Å²) >= 11 is 0. The molecule has 0 bridgehead atoms. The molecule has 2 heteroatoms. The van der Waals surface area contributed by atoms with E-state index < -0.39 is 0 Å². The maximum Gasteiger partial charge on any atom is 0.0905 e. The quantitative estimate of drug-likeness (QED) is 0.532. The largest absolute Gasteiger partial charge is 0.388 e. The third-order valence-corrected chi connectivity index (χ3v) is 1.60. The van der Waals surface area contributed by atoms with E-state index in [0.29, 0.717) is 5.84 Å². The molecule has 12 heavy (non-hydrogen) atoms. The molecular formula is C10H14N2. The molecule has 0 saturated carbocycles. The summed E-state index contributed by atoms with van der Waals surface area (Å²) in [6.45, 7) is 2.59. The number of nitrogens with two attached hydrogens (primary N) is 1. The van der Waals surface area contributed by atoms with Gasteiger partial charge in [0.15, 0.2) is 0 Å². The van der Waals surface area contributed by atoms with Crippen LogP contribution in [0.3, 0.4) is 0 Å². The maximum absolute atomic E-state index is 5.41. The molecule has 2 nitrogen and oxygen atoms in total. The van der Waals surface area contributed by atoms with Gasteiger partial charge in [0.1, 0.15) is 0 Å². The zero-order chi connectivity index (χ0) is 8.81. The van der Waals surface area contributed by atoms with Gasteiger partial charge in [-0.25, -0.2) is 0 Å². The minimum Gasteiger partial charge on any atom is -0.388 e. The van der Waals surface area contributed by atoms with Crippen molar-refractivity contribution in [1.82, 2.24) is 0 Å². The SMILES string of the molecule is CC(N)=NCCc1ccccc1. The lowest BCUT2D eigenvalue weighted by atomic mass is 10.2. The Morgan fingerprint density at radius 1 is 1.33 bits per heavy atom. The molecule has 0 amide bonds. The van der Waals surface area contributed by atoms with Gasteiger partial charge in [0.25, 0.3) is 0 Å². The van der Waals surface area contributed by atoms with Gasteiger partial charge in [-0.15, -0.1) is 0 Å². The lowest BCUT2D eigenvalue weighted by Gasteiger charge is -1.96. The van der Waals surface area contributed by atoms with Crippen LogP contribution >= 0.6 is 0 Å². The molecule has 0 saturated heterocycles. The maximum atomic E-state index is 5.41. The summed E-state index contributed by atoms with van der Waals surface area (Å²) < 4.78 is 0. The summed E-state index contributed by atoms with van der Waals surface area (Å²) in [5.41, 5.74) is 6.71. The van der Waals surface area contributed by atoms with Crippen molar-refractivity contribution in [2.75, 3.05) is 6.54 Å². The molecule has 1 aromatic rings. The molecule has 0 fully saturated rings. The first kappa shape index (κ1) is 8.78. The molecule has 0 radical (unpaired) electrons. The van der Waals surface area contributed by atoms with Crippen LogP contribution in [0, 0.1) is 0 Å². The van der Waals surface area contributed by atoms with Crippen LogP contribution in [0.2, 0.25) is 0 Å². The average Bonchev–Trinajstić information content (AvgIpc) is 2.05. The van der Waals surface area contributed by atoms with Crippen LogP contribution in [-0.4, -0.2) is 12.4 Å². The molecule has 0 aliphatic rings. The fourth-order valence-electron chi connectivity index (χ4n) is 1.01. The number of amidine groups is 1. The number of nitrogens with zero attached hydrogens (tertiary/aromatic N) is 1. The molecular weight excluding hydrogens is 148 g/mol. The minimum absolute atomic E-state index is 0.658. The summed E-state index contributed by atoms with van der Waals surface area (Å²) in [5.74, 6) is 0.658. The first-order valence-corrected chi connectivity index (χ1v) is 4.09. The second-order valence-corrected chi connectivity index (χ2v) is 2.76. The van der Waals surface area contributed by atoms with Crippen molar-refractivity contribution in [1.29, 1.82) is 0 Å². The van der Waals surface area contributed by atoms with Gasteiger partial charge in [-0.05, 0) is 18.9 Å². The van der Waals surface area contributed by atoms with Crippen molar-refractivity contribution in [3.8, 4) is 0 Å². The minimum atomic E-state index is 0.658. The number of rotatable bonds is 3. The number of benzene rings is 1. The van der Waals surface area contributed by atoms with Gasteiger partial charge >= 0.3 is 0 Å². The molecule has 1 aromatic carbocycles. The number of hydrogen-bond donors (Lipinski definition) is 1. The summed E-state index contributed by atoms with van der Waals surface area (Å²) in [4.78, 5) is 4.11. The smallest absolute Gasteiger partial charge is 0.0905 e. The third-order valence-electron chi connectivity index (χ3n) is 1.60. The Kier molecular flexibility index (Phi) is 3.33. The summed E-state index contributed by atoms with van der Waals surface area (Å²) in [5, 5.41) is 0. The highest BCUT2D eigenvalue weighted by molar-refractivity contribution is 5.77. The molecule has 0 aliphatic heterocycles. The Labute approximate surface area is 73.1 Å². The Morgan fingerprint density at radius 3 is 2.58 bits per heavy atom. The van der Waals surface area contributed by atoms with E-state index in [1.54, 1.807) is 0 Å². The third kappa shape index (κ3) is 3.19. The standard InChI is InChI=1S/C10H14N2/c1-9(11)12-8-7-10-5-3-2-4-6-10/h2-6H,7-8H2,1H3,(H2,11,12). The van der Waals surface area contributed by atoms with Crippen LogP contribution in [0.4, 0.5) is 0 Å². The highest BCUT2D eigenvalue weighted by Gasteiger charge is 1.88. The molecule has 0 aromatic heterocycles. The normalized spacial score (nSPS) is 11.6. The van der Waals surface area contributed by atoms with Crippen LogP contribution in [0.5, 0.6) is 0 Å². The van der Waals surface area contributed by atoms with E-state index in [-0.39, 0.29) is 0 Å². The van der Waals surface area contributed by atoms with Gasteiger partial charge in [-0.3, -0.25) is 4.99 Å². The van der Waals surface area contributed by atoms with E-state index in [1.807, 2.05) is 25.1 Å². The van der Waals surface area contributed by atoms with Crippen molar-refractivity contribution in [3.05, 3.63) is 35.9 Å². The molecule has 0 unspecified atom stereocenters. The van der Waals surface area contributed by atoms with Crippen molar-refractivity contribution < 1.29 is 0 Å². The summed E-state index contributed by atoms with van der Waals surface area (Å²) in [6.07, 6.45) is 0.968. The van der Waals surface area contributed by atoms with Crippen molar-refractivity contribution in [2.45, 2.75) is 13.3 Å². The van der Waals surface area contributed by atoms with Crippen LogP contribution < -0.4 is 5.73 Å². The highest BCUT2D eigenvalue weighted by Crippen LogP contribution is 1.98. The summed E-state index contributed by atoms with van der Waals surface area (Å²) in [7, 11) is 0. The molecule has 0 aliphatic carbocycles. The monoisotopic (exact) mass is 162 g/mol. The van der Waals surface area contributed by atoms with Crippen molar-refractivity contribution in [3.63, 3.8) is 0 Å². The molecule has 2 N–H and O–H groups in total. The van der Waals surface area contributed by atoms with Crippen LogP contribution in [0.1, 0.15) is 12.5 Å². The lowest BCUT2D eigenvalue weighted by Crippen LogP contribution is -2.06. The summed E-state index contributed by atoms with van der Waals surface area (Å²) in [6, 6.07) is 10.3. The fourth-order valence-corrected chi connectivity index (χ4v) is 1.01. The Bertz CT molecular complexity index is 248. The Hall–Kier alpha value is -1.31. The van der Waals surface area contributed by atoms with Gasteiger partial charge in [-0.2, -0.15) is 0 Å². The number of hydrogen-bond acceptors (Lipinski definition) is 1. The van der Waals surface area contributed by atoms with Crippen LogP contribution in [0.25, 0.3) is 0 Å². The first-order valence-electron chi connectivity index (χ1n) is 4.09. The predicted octanol–water partition coefficient (Wildman–Crippen LogP) is 1.61. The lowest BCUT2D eigenvalue weighted by molar-refractivity contribution is 0.964. The van der Waals surface area contributed by atoms with E-state index >= 15 is 0 Å². The zero-order valence-corrected chi connectivity index (χ0v) is 7.33. The predicted molar refractivity (Wildman–Crippen MR) is 52.3 cm³/mol. The first-order chi connectivity index (χ1) is 5.79.